The number of nitrogens with zero attached hydrogens (tertiary/aromatic N) is 2. The van der Waals surface area contributed by atoms with Gasteiger partial charge in [-0.2, -0.15) is 10.2 Å². The topological polar surface area (TPSA) is 83.3 Å². The van der Waals surface area contributed by atoms with E-state index in [9.17, 15) is 4.79 Å². The highest BCUT2D eigenvalue weighted by Crippen LogP contribution is 2.34. The lowest BCUT2D eigenvalue weighted by molar-refractivity contribution is 0.0950. The minimum absolute atomic E-state index is 0.260. The van der Waals surface area contributed by atoms with Crippen LogP contribution in [0.5, 0.6) is 0 Å². The van der Waals surface area contributed by atoms with Crippen molar-refractivity contribution in [2.45, 2.75) is 6.92 Å². The molecule has 8 heteroatoms. The number of amides is 1. The van der Waals surface area contributed by atoms with Gasteiger partial charge in [0.15, 0.2) is 5.69 Å². The standard InChI is InChI=1S/C16H12Cl2N4O2/c1-9-7-13(21-20-9)16(23)22-19-8-10-5-6-14(24-10)11-3-2-4-12(17)15(11)18/h2-8H,1H3,(H,20,21)(H,22,23). The van der Waals surface area contributed by atoms with Gasteiger partial charge in [0.05, 0.1) is 16.3 Å². The van der Waals surface area contributed by atoms with Crippen molar-refractivity contribution in [2.24, 2.45) is 5.10 Å². The van der Waals surface area contributed by atoms with Crippen molar-refractivity contribution in [1.82, 2.24) is 15.6 Å². The molecule has 2 aromatic heterocycles. The summed E-state index contributed by atoms with van der Waals surface area (Å²) in [6.45, 7) is 1.80. The van der Waals surface area contributed by atoms with Crippen LogP contribution in [0.25, 0.3) is 11.3 Å². The number of aromatic nitrogens is 2. The van der Waals surface area contributed by atoms with Gasteiger partial charge in [0.1, 0.15) is 11.5 Å². The Morgan fingerprint density at radius 2 is 2.17 bits per heavy atom. The van der Waals surface area contributed by atoms with Crippen molar-refractivity contribution in [1.29, 1.82) is 0 Å². The van der Waals surface area contributed by atoms with E-state index in [1.807, 2.05) is 0 Å². The monoisotopic (exact) mass is 362 g/mol. The van der Waals surface area contributed by atoms with E-state index in [2.05, 4.69) is 20.7 Å². The number of hydrogen-bond acceptors (Lipinski definition) is 4. The molecule has 0 saturated heterocycles. The third-order valence-electron chi connectivity index (χ3n) is 3.14. The summed E-state index contributed by atoms with van der Waals surface area (Å²) in [6.07, 6.45) is 1.39. The van der Waals surface area contributed by atoms with Gasteiger partial charge in [-0.25, -0.2) is 5.43 Å². The van der Waals surface area contributed by atoms with Gasteiger partial charge in [0.2, 0.25) is 0 Å². The van der Waals surface area contributed by atoms with Crippen LogP contribution >= 0.6 is 23.2 Å². The number of nitrogens with one attached hydrogen (secondary N) is 2. The number of carbonyl (C=O) groups excluding carboxylic acids is 1. The maximum absolute atomic E-state index is 11.8. The summed E-state index contributed by atoms with van der Waals surface area (Å²) in [4.78, 5) is 11.8. The Hall–Kier alpha value is -2.57. The molecule has 0 radical (unpaired) electrons. The van der Waals surface area contributed by atoms with Gasteiger partial charge in [-0.05, 0) is 37.3 Å². The lowest BCUT2D eigenvalue weighted by Crippen LogP contribution is -2.17. The van der Waals surface area contributed by atoms with Gasteiger partial charge in [-0.1, -0.05) is 29.3 Å². The van der Waals surface area contributed by atoms with E-state index in [4.69, 9.17) is 27.6 Å². The Morgan fingerprint density at radius 3 is 2.92 bits per heavy atom. The van der Waals surface area contributed by atoms with Crippen molar-refractivity contribution >= 4 is 35.3 Å². The van der Waals surface area contributed by atoms with E-state index < -0.39 is 5.91 Å². The largest absolute Gasteiger partial charge is 0.455 e. The van der Waals surface area contributed by atoms with Gasteiger partial charge in [0.25, 0.3) is 5.91 Å². The molecule has 6 nitrogen and oxygen atoms in total. The van der Waals surface area contributed by atoms with Crippen molar-refractivity contribution in [3.63, 3.8) is 0 Å². The molecule has 0 spiro atoms. The van der Waals surface area contributed by atoms with Crippen LogP contribution in [-0.4, -0.2) is 22.3 Å². The fraction of sp³-hybridized carbons (Fsp3) is 0.0625. The lowest BCUT2D eigenvalue weighted by Gasteiger charge is -2.01. The third-order valence-corrected chi connectivity index (χ3v) is 3.96. The Labute approximate surface area is 147 Å². The smallest absolute Gasteiger partial charge is 0.291 e. The molecule has 0 unspecified atom stereocenters. The first-order valence-corrected chi connectivity index (χ1v) is 7.70. The number of benzene rings is 1. The van der Waals surface area contributed by atoms with E-state index in [0.717, 1.165) is 5.69 Å². The molecule has 0 fully saturated rings. The molecule has 1 amide bonds. The molecule has 3 rings (SSSR count). The summed E-state index contributed by atoms with van der Waals surface area (Å²) in [5, 5.41) is 11.2. The number of furan rings is 1. The van der Waals surface area contributed by atoms with E-state index in [1.165, 1.54) is 6.21 Å². The average Bonchev–Trinajstić information content (AvgIpc) is 3.19. The predicted octanol–water partition coefficient (Wildman–Crippen LogP) is 4.05. The molecular formula is C16H12Cl2N4O2. The highest BCUT2D eigenvalue weighted by molar-refractivity contribution is 6.43. The SMILES string of the molecule is Cc1cc(C(=O)NN=Cc2ccc(-c3cccc(Cl)c3Cl)o2)n[nH]1. The summed E-state index contributed by atoms with van der Waals surface area (Å²) in [5.41, 5.74) is 4.10. The molecule has 2 N–H and O–H groups in total. The van der Waals surface area contributed by atoms with Crippen molar-refractivity contribution in [3.8, 4) is 11.3 Å². The van der Waals surface area contributed by atoms with Crippen molar-refractivity contribution in [2.75, 3.05) is 0 Å². The summed E-state index contributed by atoms with van der Waals surface area (Å²) >= 11 is 12.2. The molecule has 0 aliphatic heterocycles. The molecule has 24 heavy (non-hydrogen) atoms. The van der Waals surface area contributed by atoms with E-state index in [0.29, 0.717) is 27.1 Å². The Kier molecular flexibility index (Phi) is 4.69. The fourth-order valence-corrected chi connectivity index (χ4v) is 2.40. The number of hydrazone groups is 1. The van der Waals surface area contributed by atoms with Crippen LogP contribution in [0.2, 0.25) is 10.0 Å². The number of rotatable bonds is 4. The molecule has 0 atom stereocenters. The van der Waals surface area contributed by atoms with Gasteiger partial charge in [0, 0.05) is 11.3 Å². The zero-order valence-electron chi connectivity index (χ0n) is 12.5. The molecule has 1 aromatic carbocycles. The van der Waals surface area contributed by atoms with Crippen LogP contribution in [0, 0.1) is 6.92 Å². The maximum Gasteiger partial charge on any atom is 0.291 e. The van der Waals surface area contributed by atoms with Crippen molar-refractivity contribution in [3.05, 3.63) is 63.6 Å². The lowest BCUT2D eigenvalue weighted by atomic mass is 10.2. The van der Waals surface area contributed by atoms with Crippen LogP contribution < -0.4 is 5.43 Å². The van der Waals surface area contributed by atoms with Gasteiger partial charge in [-0.3, -0.25) is 9.89 Å². The minimum Gasteiger partial charge on any atom is -0.455 e. The predicted molar refractivity (Wildman–Crippen MR) is 92.5 cm³/mol. The van der Waals surface area contributed by atoms with E-state index in [1.54, 1.807) is 43.3 Å². The molecule has 122 valence electrons. The molecule has 0 aliphatic carbocycles. The second-order valence-electron chi connectivity index (χ2n) is 4.94. The quantitative estimate of drug-likeness (QED) is 0.542. The average molecular weight is 363 g/mol. The number of hydrogen-bond donors (Lipinski definition) is 2. The summed E-state index contributed by atoms with van der Waals surface area (Å²) < 4.78 is 5.63. The second-order valence-corrected chi connectivity index (χ2v) is 5.72. The zero-order valence-corrected chi connectivity index (χ0v) is 14.0. The van der Waals surface area contributed by atoms with Gasteiger partial charge >= 0.3 is 0 Å². The first-order valence-electron chi connectivity index (χ1n) is 6.94. The third kappa shape index (κ3) is 3.50. The highest BCUT2D eigenvalue weighted by Gasteiger charge is 2.11. The van der Waals surface area contributed by atoms with E-state index >= 15 is 0 Å². The number of carbonyl (C=O) groups is 1. The molecule has 2 heterocycles. The first-order chi connectivity index (χ1) is 11.5. The zero-order chi connectivity index (χ0) is 17.1. The Morgan fingerprint density at radius 1 is 1.33 bits per heavy atom. The summed E-state index contributed by atoms with van der Waals surface area (Å²) in [6, 6.07) is 10.4. The molecular weight excluding hydrogens is 351 g/mol. The van der Waals surface area contributed by atoms with Crippen molar-refractivity contribution < 1.29 is 9.21 Å². The van der Waals surface area contributed by atoms with Gasteiger partial charge in [-0.15, -0.1) is 0 Å². The second kappa shape index (κ2) is 6.90. The van der Waals surface area contributed by atoms with Gasteiger partial charge < -0.3 is 4.42 Å². The first kappa shape index (κ1) is 16.3. The van der Waals surface area contributed by atoms with Crippen LogP contribution in [0.3, 0.4) is 0 Å². The van der Waals surface area contributed by atoms with Crippen LogP contribution in [0.15, 0.2) is 45.9 Å². The summed E-state index contributed by atoms with van der Waals surface area (Å²) in [5.74, 6) is 0.595. The molecule has 0 aliphatic rings. The minimum atomic E-state index is -0.416. The summed E-state index contributed by atoms with van der Waals surface area (Å²) in [7, 11) is 0. The van der Waals surface area contributed by atoms with Crippen LogP contribution in [-0.2, 0) is 0 Å². The number of H-pyrrole nitrogens is 1. The number of aryl methyl sites for hydroxylation is 1. The molecule has 0 saturated carbocycles. The molecule has 0 bridgehead atoms. The number of halogens is 2. The van der Waals surface area contributed by atoms with Crippen LogP contribution in [0.1, 0.15) is 21.9 Å². The normalized spacial score (nSPS) is 11.1. The molecule has 3 aromatic rings. The number of aromatic amines is 1. The maximum atomic E-state index is 11.8. The highest BCUT2D eigenvalue weighted by atomic mass is 35.5. The van der Waals surface area contributed by atoms with E-state index in [-0.39, 0.29) is 5.69 Å². The fourth-order valence-electron chi connectivity index (χ4n) is 2.01. The Balaban J connectivity index is 1.70. The Bertz CT molecular complexity index is 914. The van der Waals surface area contributed by atoms with Crippen LogP contribution in [0.4, 0.5) is 0 Å².